The van der Waals surface area contributed by atoms with E-state index in [-0.39, 0.29) is 5.91 Å². The number of imidazole rings is 1. The zero-order valence-electron chi connectivity index (χ0n) is 19.4. The molecule has 4 heteroatoms. The highest BCUT2D eigenvalue weighted by molar-refractivity contribution is 5.76. The Morgan fingerprint density at radius 3 is 2.55 bits per heavy atom. The summed E-state index contributed by atoms with van der Waals surface area (Å²) in [7, 11) is 0. The quantitative estimate of drug-likeness (QED) is 0.354. The molecule has 0 radical (unpaired) electrons. The maximum atomic E-state index is 11.6. The van der Waals surface area contributed by atoms with Gasteiger partial charge in [-0.25, -0.2) is 4.98 Å². The van der Waals surface area contributed by atoms with Gasteiger partial charge in [-0.1, -0.05) is 63.6 Å². The SMILES string of the molecule is CCCC(=O)NCCCCCc1nc2ccccc2n1Cc1ccc(C(C)CC)cc1. The third kappa shape index (κ3) is 6.43. The first-order valence-electron chi connectivity index (χ1n) is 11.9. The topological polar surface area (TPSA) is 46.9 Å². The molecule has 1 N–H and O–H groups in total. The van der Waals surface area contributed by atoms with Crippen molar-refractivity contribution in [1.29, 1.82) is 0 Å². The van der Waals surface area contributed by atoms with Gasteiger partial charge < -0.3 is 9.88 Å². The fourth-order valence-corrected chi connectivity index (χ4v) is 3.99. The molecule has 0 spiro atoms. The highest BCUT2D eigenvalue weighted by Gasteiger charge is 2.11. The second-order valence-electron chi connectivity index (χ2n) is 8.56. The summed E-state index contributed by atoms with van der Waals surface area (Å²) in [5, 5.41) is 3.00. The van der Waals surface area contributed by atoms with Crippen LogP contribution in [0.2, 0.25) is 0 Å². The molecule has 1 unspecified atom stereocenters. The van der Waals surface area contributed by atoms with Gasteiger partial charge in [-0.15, -0.1) is 0 Å². The molecule has 1 heterocycles. The van der Waals surface area contributed by atoms with E-state index in [0.29, 0.717) is 12.3 Å². The van der Waals surface area contributed by atoms with Gasteiger partial charge in [-0.05, 0) is 54.9 Å². The Kier molecular flexibility index (Phi) is 8.69. The zero-order valence-corrected chi connectivity index (χ0v) is 19.4. The molecule has 1 atom stereocenters. The Balaban J connectivity index is 1.63. The molecule has 4 nitrogen and oxygen atoms in total. The number of rotatable bonds is 12. The molecule has 0 bridgehead atoms. The fourth-order valence-electron chi connectivity index (χ4n) is 3.99. The number of benzene rings is 2. The molecule has 1 aromatic heterocycles. The monoisotopic (exact) mass is 419 g/mol. The molecule has 3 aromatic rings. The first-order chi connectivity index (χ1) is 15.1. The van der Waals surface area contributed by atoms with E-state index in [0.717, 1.165) is 63.0 Å². The number of carbonyl (C=O) groups is 1. The first-order valence-corrected chi connectivity index (χ1v) is 11.9. The number of nitrogens with zero attached hydrogens (tertiary/aromatic N) is 2. The van der Waals surface area contributed by atoms with Gasteiger partial charge in [0.05, 0.1) is 11.0 Å². The number of fused-ring (bicyclic) bond motifs is 1. The van der Waals surface area contributed by atoms with Crippen molar-refractivity contribution in [3.63, 3.8) is 0 Å². The number of carbonyl (C=O) groups excluding carboxylic acids is 1. The summed E-state index contributed by atoms with van der Waals surface area (Å²) >= 11 is 0. The predicted octanol–water partition coefficient (Wildman–Crippen LogP) is 6.23. The lowest BCUT2D eigenvalue weighted by atomic mass is 9.97. The van der Waals surface area contributed by atoms with Crippen LogP contribution in [0.3, 0.4) is 0 Å². The fraction of sp³-hybridized carbons (Fsp3) is 0.481. The average Bonchev–Trinajstić information content (AvgIpc) is 3.13. The number of nitrogens with one attached hydrogen (secondary N) is 1. The maximum absolute atomic E-state index is 11.6. The van der Waals surface area contributed by atoms with Crippen molar-refractivity contribution >= 4 is 16.9 Å². The van der Waals surface area contributed by atoms with Crippen molar-refractivity contribution in [2.24, 2.45) is 0 Å². The second kappa shape index (κ2) is 11.7. The van der Waals surface area contributed by atoms with Gasteiger partial charge in [-0.2, -0.15) is 0 Å². The standard InChI is InChI=1S/C27H37N3O/c1-4-11-27(31)28-19-10-6-7-14-26-29-24-12-8-9-13-25(24)30(26)20-22-15-17-23(18-16-22)21(3)5-2/h8-9,12-13,15-18,21H,4-7,10-11,14,19-20H2,1-3H3,(H,28,31). The van der Waals surface area contributed by atoms with Crippen molar-refractivity contribution in [3.05, 3.63) is 65.5 Å². The lowest BCUT2D eigenvalue weighted by Crippen LogP contribution is -2.23. The average molecular weight is 420 g/mol. The number of hydrogen-bond acceptors (Lipinski definition) is 2. The zero-order chi connectivity index (χ0) is 22.1. The van der Waals surface area contributed by atoms with Crippen molar-refractivity contribution in [2.45, 2.75) is 78.2 Å². The van der Waals surface area contributed by atoms with Crippen molar-refractivity contribution < 1.29 is 4.79 Å². The smallest absolute Gasteiger partial charge is 0.219 e. The summed E-state index contributed by atoms with van der Waals surface area (Å²) in [6.07, 6.45) is 6.86. The summed E-state index contributed by atoms with van der Waals surface area (Å²) in [4.78, 5) is 16.5. The number of hydrogen-bond donors (Lipinski definition) is 1. The third-order valence-corrected chi connectivity index (χ3v) is 6.11. The number of unbranched alkanes of at least 4 members (excludes halogenated alkanes) is 2. The molecule has 0 fully saturated rings. The van der Waals surface area contributed by atoms with Gasteiger partial charge in [-0.3, -0.25) is 4.79 Å². The van der Waals surface area contributed by atoms with Gasteiger partial charge in [0.1, 0.15) is 5.82 Å². The number of amides is 1. The molecular weight excluding hydrogens is 382 g/mol. The molecule has 3 rings (SSSR count). The van der Waals surface area contributed by atoms with Crippen LogP contribution in [-0.2, 0) is 17.8 Å². The summed E-state index contributed by atoms with van der Waals surface area (Å²) in [5.74, 6) is 1.93. The molecule has 2 aromatic carbocycles. The lowest BCUT2D eigenvalue weighted by Gasteiger charge is -2.12. The van der Waals surface area contributed by atoms with Crippen LogP contribution in [0.5, 0.6) is 0 Å². The third-order valence-electron chi connectivity index (χ3n) is 6.11. The van der Waals surface area contributed by atoms with Crippen LogP contribution < -0.4 is 5.32 Å². The number of aryl methyl sites for hydroxylation is 1. The summed E-state index contributed by atoms with van der Waals surface area (Å²) in [5.41, 5.74) is 5.00. The lowest BCUT2D eigenvalue weighted by molar-refractivity contribution is -0.121. The summed E-state index contributed by atoms with van der Waals surface area (Å²) in [6.45, 7) is 8.18. The van der Waals surface area contributed by atoms with E-state index in [4.69, 9.17) is 4.98 Å². The Morgan fingerprint density at radius 2 is 1.81 bits per heavy atom. The summed E-state index contributed by atoms with van der Waals surface area (Å²) in [6, 6.07) is 17.5. The van der Waals surface area contributed by atoms with Crippen LogP contribution in [0.1, 0.15) is 82.2 Å². The molecule has 0 aliphatic carbocycles. The normalized spacial score (nSPS) is 12.2. The van der Waals surface area contributed by atoms with Crippen LogP contribution in [0.25, 0.3) is 11.0 Å². The van der Waals surface area contributed by atoms with Crippen LogP contribution >= 0.6 is 0 Å². The van der Waals surface area contributed by atoms with Crippen molar-refractivity contribution in [1.82, 2.24) is 14.9 Å². The second-order valence-corrected chi connectivity index (χ2v) is 8.56. The number of aromatic nitrogens is 2. The maximum Gasteiger partial charge on any atom is 0.219 e. The van der Waals surface area contributed by atoms with Crippen LogP contribution in [0.4, 0.5) is 0 Å². The molecule has 1 amide bonds. The van der Waals surface area contributed by atoms with Crippen molar-refractivity contribution in [3.8, 4) is 0 Å². The van der Waals surface area contributed by atoms with E-state index >= 15 is 0 Å². The van der Waals surface area contributed by atoms with Crippen molar-refractivity contribution in [2.75, 3.05) is 6.54 Å². The Labute approximate surface area is 187 Å². The van der Waals surface area contributed by atoms with E-state index in [1.807, 2.05) is 6.92 Å². The predicted molar refractivity (Wildman–Crippen MR) is 129 cm³/mol. The van der Waals surface area contributed by atoms with E-state index in [2.05, 4.69) is 72.3 Å². The Morgan fingerprint density at radius 1 is 1.03 bits per heavy atom. The highest BCUT2D eigenvalue weighted by atomic mass is 16.1. The molecule has 0 aliphatic heterocycles. The molecular formula is C27H37N3O. The van der Waals surface area contributed by atoms with E-state index in [9.17, 15) is 4.79 Å². The minimum atomic E-state index is 0.170. The Bertz CT molecular complexity index is 958. The minimum Gasteiger partial charge on any atom is -0.356 e. The molecule has 166 valence electrons. The van der Waals surface area contributed by atoms with Crippen LogP contribution in [0, 0.1) is 0 Å². The minimum absolute atomic E-state index is 0.170. The number of para-hydroxylation sites is 2. The van der Waals surface area contributed by atoms with Crippen LogP contribution in [-0.4, -0.2) is 22.0 Å². The molecule has 31 heavy (non-hydrogen) atoms. The van der Waals surface area contributed by atoms with E-state index in [1.165, 1.54) is 16.6 Å². The Hall–Kier alpha value is -2.62. The highest BCUT2D eigenvalue weighted by Crippen LogP contribution is 2.22. The molecule has 0 aliphatic rings. The van der Waals surface area contributed by atoms with Gasteiger partial charge in [0.2, 0.25) is 5.91 Å². The van der Waals surface area contributed by atoms with Gasteiger partial charge >= 0.3 is 0 Å². The summed E-state index contributed by atoms with van der Waals surface area (Å²) < 4.78 is 2.37. The molecule has 0 saturated carbocycles. The van der Waals surface area contributed by atoms with Gasteiger partial charge in [0, 0.05) is 25.9 Å². The first kappa shape index (κ1) is 23.1. The van der Waals surface area contributed by atoms with E-state index in [1.54, 1.807) is 0 Å². The van der Waals surface area contributed by atoms with Crippen LogP contribution in [0.15, 0.2) is 48.5 Å². The van der Waals surface area contributed by atoms with Gasteiger partial charge in [0.25, 0.3) is 0 Å². The van der Waals surface area contributed by atoms with E-state index < -0.39 is 0 Å². The molecule has 0 saturated heterocycles. The largest absolute Gasteiger partial charge is 0.356 e. The van der Waals surface area contributed by atoms with Gasteiger partial charge in [0.15, 0.2) is 0 Å².